The molecule has 0 aliphatic carbocycles. The number of carbonyl (C=O) groups excluding carboxylic acids is 2. The molecule has 50 heavy (non-hydrogen) atoms. The number of sulfonamides is 1. The average molecular weight is 741 g/mol. The van der Waals surface area contributed by atoms with E-state index < -0.39 is 28.5 Å². The maximum Gasteiger partial charge on any atom is 0.264 e. The molecule has 0 saturated heterocycles. The molecule has 0 aromatic heterocycles. The van der Waals surface area contributed by atoms with Gasteiger partial charge in [-0.05, 0) is 73.4 Å². The molecule has 0 spiro atoms. The Morgan fingerprint density at radius 1 is 0.840 bits per heavy atom. The van der Waals surface area contributed by atoms with Crippen molar-refractivity contribution in [3.63, 3.8) is 0 Å². The van der Waals surface area contributed by atoms with Gasteiger partial charge in [-0.1, -0.05) is 79.0 Å². The van der Waals surface area contributed by atoms with Crippen LogP contribution in [0.2, 0.25) is 10.0 Å². The summed E-state index contributed by atoms with van der Waals surface area (Å²) in [6.07, 6.45) is 1.77. The van der Waals surface area contributed by atoms with Crippen LogP contribution in [0.5, 0.6) is 11.5 Å². The van der Waals surface area contributed by atoms with Crippen molar-refractivity contribution < 1.29 is 27.5 Å². The molecule has 0 saturated carbocycles. The Balaban J connectivity index is 1.87. The molecule has 0 aliphatic rings. The molecule has 1 N–H and O–H groups in total. The zero-order chi connectivity index (χ0) is 36.4. The number of amides is 2. The first kappa shape index (κ1) is 38.6. The summed E-state index contributed by atoms with van der Waals surface area (Å²) in [7, 11) is -1.52. The van der Waals surface area contributed by atoms with Crippen LogP contribution in [-0.4, -0.2) is 58.5 Å². The molecule has 0 bridgehead atoms. The summed E-state index contributed by atoms with van der Waals surface area (Å²) in [4.78, 5) is 30.1. The number of methoxy groups -OCH3 is 2. The van der Waals surface area contributed by atoms with Crippen LogP contribution in [-0.2, 0) is 32.6 Å². The summed E-state index contributed by atoms with van der Waals surface area (Å²) >= 11 is 13.2. The molecular formula is C38H43Cl2N3O6S. The Labute approximate surface area is 305 Å². The SMILES string of the molecule is CCCCNC(=O)C(Cc1ccccc1)N(Cc1c(Cl)cccc1Cl)C(=O)CN(c1cc(C)cc(C)c1)S(=O)(=O)c1ccc(OC)c(OC)c1. The molecule has 1 unspecified atom stereocenters. The monoisotopic (exact) mass is 739 g/mol. The lowest BCUT2D eigenvalue weighted by atomic mass is 10.0. The second kappa shape index (κ2) is 17.6. The van der Waals surface area contributed by atoms with E-state index in [0.717, 1.165) is 33.8 Å². The standard InChI is InChI=1S/C38H43Cl2N3O6S/c1-6-7-18-41-38(45)34(22-28-12-9-8-10-13-28)42(24-31-32(39)14-11-15-33(31)40)37(44)25-43(29-20-26(2)19-27(3)21-29)50(46,47)30-16-17-35(48-4)36(23-30)49-5/h8-17,19-21,23,34H,6-7,18,22,24-25H2,1-5H3,(H,41,45). The predicted molar refractivity (Wildman–Crippen MR) is 199 cm³/mol. The first-order valence-corrected chi connectivity index (χ1v) is 18.5. The van der Waals surface area contributed by atoms with Gasteiger partial charge < -0.3 is 19.7 Å². The summed E-state index contributed by atoms with van der Waals surface area (Å²) < 4.78 is 40.9. The quantitative estimate of drug-likeness (QED) is 0.120. The maximum absolute atomic E-state index is 14.8. The fourth-order valence-electron chi connectivity index (χ4n) is 5.64. The lowest BCUT2D eigenvalue weighted by Gasteiger charge is -2.34. The Hall–Kier alpha value is -4.25. The first-order chi connectivity index (χ1) is 23.9. The van der Waals surface area contributed by atoms with Crippen molar-refractivity contribution in [2.75, 3.05) is 31.6 Å². The normalized spacial score (nSPS) is 11.8. The highest BCUT2D eigenvalue weighted by Gasteiger charge is 2.35. The van der Waals surface area contributed by atoms with Crippen LogP contribution in [0.1, 0.15) is 42.0 Å². The van der Waals surface area contributed by atoms with Crippen LogP contribution >= 0.6 is 23.2 Å². The average Bonchev–Trinajstić information content (AvgIpc) is 3.09. The molecule has 9 nitrogen and oxygen atoms in total. The number of nitrogens with zero attached hydrogens (tertiary/aromatic N) is 2. The van der Waals surface area contributed by atoms with E-state index in [1.165, 1.54) is 37.3 Å². The van der Waals surface area contributed by atoms with Gasteiger partial charge in [0.2, 0.25) is 11.8 Å². The number of benzene rings is 4. The number of rotatable bonds is 16. The van der Waals surface area contributed by atoms with Crippen molar-refractivity contribution in [3.8, 4) is 11.5 Å². The van der Waals surface area contributed by atoms with E-state index in [9.17, 15) is 18.0 Å². The molecule has 4 rings (SSSR count). The lowest BCUT2D eigenvalue weighted by molar-refractivity contribution is -0.140. The molecule has 0 radical (unpaired) electrons. The largest absolute Gasteiger partial charge is 0.493 e. The van der Waals surface area contributed by atoms with Gasteiger partial charge in [0, 0.05) is 41.2 Å². The summed E-state index contributed by atoms with van der Waals surface area (Å²) in [6.45, 7) is 5.35. The van der Waals surface area contributed by atoms with Crippen molar-refractivity contribution in [1.29, 1.82) is 0 Å². The zero-order valence-corrected chi connectivity index (χ0v) is 31.2. The lowest BCUT2D eigenvalue weighted by Crippen LogP contribution is -2.53. The number of hydrogen-bond donors (Lipinski definition) is 1. The first-order valence-electron chi connectivity index (χ1n) is 16.3. The van der Waals surface area contributed by atoms with Gasteiger partial charge in [0.15, 0.2) is 11.5 Å². The topological polar surface area (TPSA) is 105 Å². The molecule has 4 aromatic carbocycles. The number of nitrogens with one attached hydrogen (secondary N) is 1. The van der Waals surface area contributed by atoms with Gasteiger partial charge in [-0.25, -0.2) is 8.42 Å². The van der Waals surface area contributed by atoms with E-state index in [-0.39, 0.29) is 35.2 Å². The minimum atomic E-state index is -4.39. The highest BCUT2D eigenvalue weighted by molar-refractivity contribution is 7.92. The minimum Gasteiger partial charge on any atom is -0.493 e. The second-order valence-electron chi connectivity index (χ2n) is 11.9. The highest BCUT2D eigenvalue weighted by Crippen LogP contribution is 2.33. The number of hydrogen-bond acceptors (Lipinski definition) is 6. The summed E-state index contributed by atoms with van der Waals surface area (Å²) in [6, 6.07) is 22.9. The van der Waals surface area contributed by atoms with Gasteiger partial charge in [-0.15, -0.1) is 0 Å². The fourth-order valence-corrected chi connectivity index (χ4v) is 7.57. The van der Waals surface area contributed by atoms with Gasteiger partial charge in [0.1, 0.15) is 12.6 Å². The Kier molecular flexibility index (Phi) is 13.6. The molecular weight excluding hydrogens is 697 g/mol. The van der Waals surface area contributed by atoms with Gasteiger partial charge in [0.05, 0.1) is 24.8 Å². The summed E-state index contributed by atoms with van der Waals surface area (Å²) in [5.74, 6) is -0.446. The smallest absolute Gasteiger partial charge is 0.264 e. The van der Waals surface area contributed by atoms with Crippen molar-refractivity contribution in [1.82, 2.24) is 10.2 Å². The van der Waals surface area contributed by atoms with Crippen molar-refractivity contribution >= 4 is 50.7 Å². The van der Waals surface area contributed by atoms with Crippen molar-refractivity contribution in [2.45, 2.75) is 57.5 Å². The number of anilines is 1. The van der Waals surface area contributed by atoms with Crippen molar-refractivity contribution in [3.05, 3.63) is 117 Å². The van der Waals surface area contributed by atoms with Crippen LogP contribution in [0.15, 0.2) is 89.8 Å². The van der Waals surface area contributed by atoms with E-state index >= 15 is 0 Å². The van der Waals surface area contributed by atoms with E-state index in [2.05, 4.69) is 5.32 Å². The molecule has 266 valence electrons. The molecule has 4 aromatic rings. The number of halogens is 2. The molecule has 2 amide bonds. The van der Waals surface area contributed by atoms with E-state index in [4.69, 9.17) is 32.7 Å². The summed E-state index contributed by atoms with van der Waals surface area (Å²) in [5, 5.41) is 3.60. The number of ether oxygens (including phenoxy) is 2. The highest BCUT2D eigenvalue weighted by atomic mass is 35.5. The van der Waals surface area contributed by atoms with E-state index in [1.807, 2.05) is 57.2 Å². The predicted octanol–water partition coefficient (Wildman–Crippen LogP) is 7.38. The van der Waals surface area contributed by atoms with Crippen LogP contribution < -0.4 is 19.1 Å². The third kappa shape index (κ3) is 9.50. The van der Waals surface area contributed by atoms with Crippen molar-refractivity contribution in [2.24, 2.45) is 0 Å². The Morgan fingerprint density at radius 3 is 2.08 bits per heavy atom. The van der Waals surface area contributed by atoms with Gasteiger partial charge in [-0.2, -0.15) is 0 Å². The van der Waals surface area contributed by atoms with Gasteiger partial charge in [0.25, 0.3) is 10.0 Å². The van der Waals surface area contributed by atoms with E-state index in [1.54, 1.807) is 30.3 Å². The second-order valence-corrected chi connectivity index (χ2v) is 14.6. The van der Waals surface area contributed by atoms with Crippen LogP contribution in [0.4, 0.5) is 5.69 Å². The molecule has 12 heteroatoms. The third-order valence-electron chi connectivity index (χ3n) is 8.21. The van der Waals surface area contributed by atoms with Crippen LogP contribution in [0.25, 0.3) is 0 Å². The van der Waals surface area contributed by atoms with Crippen LogP contribution in [0, 0.1) is 13.8 Å². The third-order valence-corrected chi connectivity index (χ3v) is 10.7. The number of carbonyl (C=O) groups is 2. The van der Waals surface area contributed by atoms with Gasteiger partial charge >= 0.3 is 0 Å². The minimum absolute atomic E-state index is 0.110. The molecule has 0 aliphatic heterocycles. The van der Waals surface area contributed by atoms with Crippen LogP contribution in [0.3, 0.4) is 0 Å². The molecule has 0 heterocycles. The molecule has 1 atom stereocenters. The maximum atomic E-state index is 14.8. The number of unbranched alkanes of at least 4 members (excludes halogenated alkanes) is 1. The summed E-state index contributed by atoms with van der Waals surface area (Å²) in [5.41, 5.74) is 3.14. The van der Waals surface area contributed by atoms with Gasteiger partial charge in [-0.3, -0.25) is 13.9 Å². The number of aryl methyl sites for hydroxylation is 2. The Morgan fingerprint density at radius 2 is 1.48 bits per heavy atom. The Bertz CT molecular complexity index is 1870. The zero-order valence-electron chi connectivity index (χ0n) is 28.9. The van der Waals surface area contributed by atoms with E-state index in [0.29, 0.717) is 27.9 Å². The molecule has 0 fully saturated rings. The fraction of sp³-hybridized carbons (Fsp3) is 0.316.